The zero-order chi connectivity index (χ0) is 31.3. The van der Waals surface area contributed by atoms with Gasteiger partial charge in [-0.3, -0.25) is 0 Å². The number of rotatable bonds is 2. The molecule has 0 aliphatic heterocycles. The molecule has 1 nitrogen and oxygen atoms in total. The molecular formula is C36H22O. The molecule has 0 unspecified atom stereocenters. The molecule has 7 aromatic carbocycles. The topological polar surface area (TPSA) is 13.1 Å². The van der Waals surface area contributed by atoms with Crippen molar-refractivity contribution in [2.75, 3.05) is 0 Å². The summed E-state index contributed by atoms with van der Waals surface area (Å²) in [5.41, 5.74) is 2.98. The van der Waals surface area contributed by atoms with Crippen LogP contribution in [0.4, 0.5) is 0 Å². The summed E-state index contributed by atoms with van der Waals surface area (Å²) < 4.78 is 78.0. The van der Waals surface area contributed by atoms with E-state index in [9.17, 15) is 2.74 Å². The quantitative estimate of drug-likeness (QED) is 0.225. The van der Waals surface area contributed by atoms with Gasteiger partial charge in [0.15, 0.2) is 0 Å². The van der Waals surface area contributed by atoms with Gasteiger partial charge in [0.2, 0.25) is 0 Å². The van der Waals surface area contributed by atoms with Crippen molar-refractivity contribution in [1.29, 1.82) is 0 Å². The molecule has 37 heavy (non-hydrogen) atoms. The van der Waals surface area contributed by atoms with E-state index < -0.39 is 24.2 Å². The van der Waals surface area contributed by atoms with Gasteiger partial charge in [0.1, 0.15) is 11.2 Å². The molecule has 0 N–H and O–H groups in total. The summed E-state index contributed by atoms with van der Waals surface area (Å²) in [6.45, 7) is 0. The molecule has 0 atom stereocenters. The van der Waals surface area contributed by atoms with Gasteiger partial charge >= 0.3 is 0 Å². The summed E-state index contributed by atoms with van der Waals surface area (Å²) in [6, 6.07) is 23.3. The Labute approximate surface area is 225 Å². The molecule has 8 rings (SSSR count). The van der Waals surface area contributed by atoms with Crippen LogP contribution in [0.2, 0.25) is 0 Å². The third-order valence-electron chi connectivity index (χ3n) is 7.08. The normalized spacial score (nSPS) is 14.8. The van der Waals surface area contributed by atoms with E-state index in [4.69, 9.17) is 12.6 Å². The first-order valence-corrected chi connectivity index (χ1v) is 12.1. The van der Waals surface area contributed by atoms with Gasteiger partial charge in [-0.1, -0.05) is 121 Å². The molecule has 0 fully saturated rings. The van der Waals surface area contributed by atoms with Crippen LogP contribution in [0.3, 0.4) is 0 Å². The second-order valence-electron chi connectivity index (χ2n) is 9.06. The zero-order valence-electron chi connectivity index (χ0n) is 27.5. The van der Waals surface area contributed by atoms with Crippen LogP contribution in [-0.2, 0) is 0 Å². The van der Waals surface area contributed by atoms with Crippen molar-refractivity contribution >= 4 is 54.3 Å². The lowest BCUT2D eigenvalue weighted by Gasteiger charge is -2.18. The SMILES string of the molecule is [2H]c1c([2H])c([2H])c2c(-c3cc4ccccc4c4oc5ccccc5c34)c3c([2H])c([2H])c([2H])c([2H])c3c(-c3ccccc3)c2c1[2H]. The summed E-state index contributed by atoms with van der Waals surface area (Å²) in [5.74, 6) is 0. The fourth-order valence-corrected chi connectivity index (χ4v) is 5.54. The Hall–Kier alpha value is -4.88. The van der Waals surface area contributed by atoms with Gasteiger partial charge < -0.3 is 4.42 Å². The van der Waals surface area contributed by atoms with Crippen LogP contribution < -0.4 is 0 Å². The maximum absolute atomic E-state index is 9.26. The molecule has 1 aromatic heterocycles. The first-order chi connectivity index (χ1) is 21.7. The highest BCUT2D eigenvalue weighted by Crippen LogP contribution is 2.48. The van der Waals surface area contributed by atoms with Crippen LogP contribution in [0.1, 0.15) is 11.0 Å². The molecule has 0 spiro atoms. The van der Waals surface area contributed by atoms with Crippen LogP contribution in [-0.4, -0.2) is 0 Å². The molecule has 172 valence electrons. The van der Waals surface area contributed by atoms with Crippen molar-refractivity contribution in [3.05, 3.63) is 133 Å². The van der Waals surface area contributed by atoms with Crippen LogP contribution in [0.25, 0.3) is 76.5 Å². The summed E-state index contributed by atoms with van der Waals surface area (Å²) in [6.07, 6.45) is 0. The summed E-state index contributed by atoms with van der Waals surface area (Å²) in [7, 11) is 0. The van der Waals surface area contributed by atoms with Gasteiger partial charge in [0.25, 0.3) is 0 Å². The number of benzene rings is 7. The van der Waals surface area contributed by atoms with Crippen LogP contribution in [0.15, 0.2) is 138 Å². The minimum absolute atomic E-state index is 0.180. The predicted octanol–water partition coefficient (Wildman–Crippen LogP) is 10.4. The van der Waals surface area contributed by atoms with Crippen LogP contribution in [0.5, 0.6) is 0 Å². The lowest BCUT2D eigenvalue weighted by molar-refractivity contribution is 0.673. The Morgan fingerprint density at radius 3 is 1.78 bits per heavy atom. The number of fused-ring (bicyclic) bond motifs is 7. The fourth-order valence-electron chi connectivity index (χ4n) is 5.54. The molecule has 0 amide bonds. The highest BCUT2D eigenvalue weighted by Gasteiger charge is 2.21. The predicted molar refractivity (Wildman–Crippen MR) is 157 cm³/mol. The molecule has 0 aliphatic rings. The second kappa shape index (κ2) is 7.81. The van der Waals surface area contributed by atoms with Gasteiger partial charge in [0.05, 0.1) is 11.0 Å². The van der Waals surface area contributed by atoms with E-state index in [2.05, 4.69) is 0 Å². The molecule has 0 radical (unpaired) electrons. The smallest absolute Gasteiger partial charge is 0.143 e. The Morgan fingerprint density at radius 1 is 0.514 bits per heavy atom. The third-order valence-corrected chi connectivity index (χ3v) is 7.08. The average Bonchev–Trinajstić information content (AvgIpc) is 3.47. The summed E-state index contributed by atoms with van der Waals surface area (Å²) >= 11 is 0. The Morgan fingerprint density at radius 2 is 1.08 bits per heavy atom. The van der Waals surface area contributed by atoms with Crippen LogP contribution in [0, 0.1) is 0 Å². The third kappa shape index (κ3) is 2.92. The van der Waals surface area contributed by atoms with Gasteiger partial charge in [0, 0.05) is 16.2 Å². The van der Waals surface area contributed by atoms with E-state index in [1.54, 1.807) is 24.3 Å². The van der Waals surface area contributed by atoms with Crippen molar-refractivity contribution in [3.8, 4) is 22.3 Å². The average molecular weight is 479 g/mol. The standard InChI is InChI=1S/C36H22O/c1-2-12-23(13-3-1)33-26-16-6-8-18-28(26)34(29-19-9-7-17-27(29)33)31-22-24-14-4-5-15-25(24)36-35(31)30-20-10-11-21-32(30)37-36/h1-22H/i6D,7D,8D,9D,16D,17D,18D,19D. The van der Waals surface area contributed by atoms with E-state index in [0.29, 0.717) is 38.8 Å². The maximum atomic E-state index is 9.26. The van der Waals surface area contributed by atoms with Gasteiger partial charge in [-0.25, -0.2) is 0 Å². The number of furan rings is 1. The van der Waals surface area contributed by atoms with Crippen molar-refractivity contribution < 1.29 is 15.4 Å². The van der Waals surface area contributed by atoms with Crippen molar-refractivity contribution in [3.63, 3.8) is 0 Å². The second-order valence-corrected chi connectivity index (χ2v) is 9.06. The minimum Gasteiger partial charge on any atom is -0.455 e. The monoisotopic (exact) mass is 478 g/mol. The van der Waals surface area contributed by atoms with Crippen LogP contribution >= 0.6 is 0 Å². The lowest BCUT2D eigenvalue weighted by Crippen LogP contribution is -1.91. The zero-order valence-corrected chi connectivity index (χ0v) is 19.5. The minimum atomic E-state index is -0.429. The Kier molecular flexibility index (Phi) is 2.96. The molecule has 0 saturated heterocycles. The largest absolute Gasteiger partial charge is 0.455 e. The van der Waals surface area contributed by atoms with Gasteiger partial charge in [-0.2, -0.15) is 0 Å². The number of para-hydroxylation sites is 1. The summed E-state index contributed by atoms with van der Waals surface area (Å²) in [4.78, 5) is 0. The van der Waals surface area contributed by atoms with E-state index in [-0.39, 0.29) is 45.7 Å². The molecule has 1 heterocycles. The highest BCUT2D eigenvalue weighted by atomic mass is 16.3. The highest BCUT2D eigenvalue weighted by molar-refractivity contribution is 6.28. The first-order valence-electron chi connectivity index (χ1n) is 16.1. The molecule has 1 heteroatoms. The van der Waals surface area contributed by atoms with Crippen molar-refractivity contribution in [2.45, 2.75) is 0 Å². The Balaban J connectivity index is 1.78. The van der Waals surface area contributed by atoms with Gasteiger partial charge in [-0.15, -0.1) is 0 Å². The Bertz CT molecular complexity index is 2490. The fraction of sp³-hybridized carbons (Fsp3) is 0. The molecule has 0 saturated carbocycles. The number of hydrogen-bond donors (Lipinski definition) is 0. The first kappa shape index (κ1) is 14.0. The molecule has 8 aromatic rings. The maximum Gasteiger partial charge on any atom is 0.143 e. The van der Waals surface area contributed by atoms with E-state index >= 15 is 0 Å². The van der Waals surface area contributed by atoms with Gasteiger partial charge in [-0.05, 0) is 61.3 Å². The van der Waals surface area contributed by atoms with E-state index in [1.807, 2.05) is 60.7 Å². The molecular weight excluding hydrogens is 448 g/mol. The van der Waals surface area contributed by atoms with E-state index in [1.165, 1.54) is 0 Å². The lowest BCUT2D eigenvalue weighted by atomic mass is 9.84. The molecule has 0 bridgehead atoms. The summed E-state index contributed by atoms with van der Waals surface area (Å²) in [5, 5.41) is 3.88. The molecule has 0 aliphatic carbocycles. The number of hydrogen-bond acceptors (Lipinski definition) is 1. The van der Waals surface area contributed by atoms with E-state index in [0.717, 1.165) is 16.2 Å². The van der Waals surface area contributed by atoms with Crippen molar-refractivity contribution in [2.24, 2.45) is 0 Å². The van der Waals surface area contributed by atoms with Crippen molar-refractivity contribution in [1.82, 2.24) is 0 Å².